The molecule has 0 unspecified atom stereocenters. The first-order valence-corrected chi connectivity index (χ1v) is 11.6. The molecule has 5 nitrogen and oxygen atoms in total. The van der Waals surface area contributed by atoms with Crippen molar-refractivity contribution >= 4 is 25.8 Å². The van der Waals surface area contributed by atoms with Gasteiger partial charge in [-0.05, 0) is 42.8 Å². The van der Waals surface area contributed by atoms with Crippen LogP contribution >= 0.6 is 15.9 Å². The summed E-state index contributed by atoms with van der Waals surface area (Å²) in [4.78, 5) is -0.0308. The molecule has 0 saturated carbocycles. The number of sulfone groups is 1. The van der Waals surface area contributed by atoms with Gasteiger partial charge in [-0.2, -0.15) is 0 Å². The van der Waals surface area contributed by atoms with Gasteiger partial charge in [0.2, 0.25) is 0 Å². The van der Waals surface area contributed by atoms with Crippen LogP contribution in [0.2, 0.25) is 0 Å². The van der Waals surface area contributed by atoms with E-state index in [9.17, 15) is 17.2 Å². The Morgan fingerprint density at radius 3 is 2.53 bits per heavy atom. The quantitative estimate of drug-likeness (QED) is 0.547. The summed E-state index contributed by atoms with van der Waals surface area (Å²) in [7, 11) is -4.15. The lowest BCUT2D eigenvalue weighted by Crippen LogP contribution is -2.41. The maximum absolute atomic E-state index is 14.9. The number of aliphatic hydroxyl groups is 1. The van der Waals surface area contributed by atoms with E-state index in [1.807, 2.05) is 0 Å². The average molecular weight is 503 g/mol. The van der Waals surface area contributed by atoms with Gasteiger partial charge in [0.15, 0.2) is 21.4 Å². The molecule has 1 heterocycles. The lowest BCUT2D eigenvalue weighted by Gasteiger charge is -2.37. The number of rotatable bonds is 8. The molecule has 0 bridgehead atoms. The molecular formula is C21H21BrF2O5S. The Labute approximate surface area is 182 Å². The molecule has 0 amide bonds. The van der Waals surface area contributed by atoms with Gasteiger partial charge in [0.25, 0.3) is 0 Å². The van der Waals surface area contributed by atoms with Gasteiger partial charge in [0, 0.05) is 10.4 Å². The lowest BCUT2D eigenvalue weighted by atomic mass is 9.89. The number of benzene rings is 2. The second-order valence-electron chi connectivity index (χ2n) is 6.82. The molecule has 0 aromatic heterocycles. The van der Waals surface area contributed by atoms with Crippen LogP contribution in [0.3, 0.4) is 0 Å². The van der Waals surface area contributed by atoms with Crippen LogP contribution in [0.1, 0.15) is 17.2 Å². The fourth-order valence-corrected chi connectivity index (χ4v) is 5.95. The van der Waals surface area contributed by atoms with Gasteiger partial charge in [-0.25, -0.2) is 17.2 Å². The molecule has 0 spiro atoms. The fourth-order valence-electron chi connectivity index (χ4n) is 3.63. The molecule has 162 valence electrons. The summed E-state index contributed by atoms with van der Waals surface area (Å²) in [5, 5.41) is 7.69. The molecule has 1 aliphatic heterocycles. The van der Waals surface area contributed by atoms with E-state index in [1.54, 1.807) is 18.2 Å². The van der Waals surface area contributed by atoms with E-state index >= 15 is 0 Å². The highest BCUT2D eigenvalue weighted by molar-refractivity contribution is 9.10. The van der Waals surface area contributed by atoms with Crippen molar-refractivity contribution in [3.05, 3.63) is 70.7 Å². The van der Waals surface area contributed by atoms with Crippen LogP contribution in [0.4, 0.5) is 8.78 Å². The van der Waals surface area contributed by atoms with Crippen LogP contribution in [0.15, 0.2) is 58.4 Å². The minimum absolute atomic E-state index is 0.0308. The Morgan fingerprint density at radius 2 is 1.90 bits per heavy atom. The van der Waals surface area contributed by atoms with E-state index < -0.39 is 44.5 Å². The Morgan fingerprint density at radius 1 is 1.23 bits per heavy atom. The second kappa shape index (κ2) is 9.55. The molecule has 30 heavy (non-hydrogen) atoms. The molecule has 1 N–H and O–H groups in total. The van der Waals surface area contributed by atoms with Gasteiger partial charge in [-0.15, -0.1) is 6.58 Å². The van der Waals surface area contributed by atoms with Gasteiger partial charge in [0.05, 0.1) is 36.4 Å². The summed E-state index contributed by atoms with van der Waals surface area (Å²) in [5.41, 5.74) is -0.351. The number of hydrogen-bond donors (Lipinski definition) is 1. The number of ether oxygens (including phenoxy) is 2. The second-order valence-corrected chi connectivity index (χ2v) is 9.81. The number of halogens is 3. The zero-order valence-electron chi connectivity index (χ0n) is 15.9. The van der Waals surface area contributed by atoms with Crippen LogP contribution in [0, 0.1) is 17.6 Å². The third kappa shape index (κ3) is 4.44. The Balaban J connectivity index is 2.19. The first kappa shape index (κ1) is 22.9. The maximum Gasteiger partial charge on any atom is 0.186 e. The lowest BCUT2D eigenvalue weighted by molar-refractivity contribution is -0.0223. The van der Waals surface area contributed by atoms with E-state index in [2.05, 4.69) is 22.5 Å². The first-order valence-electron chi connectivity index (χ1n) is 9.24. The number of aliphatic hydroxyl groups excluding tert-OH is 1. The van der Waals surface area contributed by atoms with Crippen LogP contribution in [0.5, 0.6) is 5.75 Å². The Kier molecular flexibility index (Phi) is 7.28. The first-order chi connectivity index (χ1) is 14.3. The van der Waals surface area contributed by atoms with Gasteiger partial charge < -0.3 is 14.6 Å². The number of hydrogen-bond acceptors (Lipinski definition) is 5. The molecule has 9 heteroatoms. The molecule has 2 aromatic carbocycles. The highest BCUT2D eigenvalue weighted by Gasteiger charge is 2.47. The third-order valence-corrected chi connectivity index (χ3v) is 7.68. The zero-order chi connectivity index (χ0) is 21.9. The molecule has 1 aliphatic rings. The van der Waals surface area contributed by atoms with E-state index in [-0.39, 0.29) is 36.7 Å². The zero-order valence-corrected chi connectivity index (χ0v) is 18.3. The van der Waals surface area contributed by atoms with Crippen molar-refractivity contribution in [2.75, 3.05) is 19.8 Å². The summed E-state index contributed by atoms with van der Waals surface area (Å²) in [6.45, 7) is 3.15. The van der Waals surface area contributed by atoms with Gasteiger partial charge in [0.1, 0.15) is 11.1 Å². The maximum atomic E-state index is 14.9. The third-order valence-electron chi connectivity index (χ3n) is 4.96. The predicted molar refractivity (Wildman–Crippen MR) is 111 cm³/mol. The van der Waals surface area contributed by atoms with Crippen molar-refractivity contribution in [1.82, 2.24) is 0 Å². The molecule has 0 radical (unpaired) electrons. The summed E-state index contributed by atoms with van der Waals surface area (Å²) >= 11 is 3.26. The molecule has 0 fully saturated rings. The van der Waals surface area contributed by atoms with Gasteiger partial charge >= 0.3 is 0 Å². The molecule has 3 rings (SSSR count). The Hall–Kier alpha value is -1.81. The molecule has 3 atom stereocenters. The van der Waals surface area contributed by atoms with Crippen molar-refractivity contribution in [3.8, 4) is 5.75 Å². The molecule has 0 aliphatic carbocycles. The van der Waals surface area contributed by atoms with Gasteiger partial charge in [-0.1, -0.05) is 22.0 Å². The van der Waals surface area contributed by atoms with E-state index in [1.165, 1.54) is 12.1 Å². The van der Waals surface area contributed by atoms with Crippen molar-refractivity contribution in [2.45, 2.75) is 22.7 Å². The van der Waals surface area contributed by atoms with Crippen LogP contribution in [-0.4, -0.2) is 39.4 Å². The van der Waals surface area contributed by atoms with Crippen molar-refractivity contribution < 1.29 is 31.8 Å². The highest BCUT2D eigenvalue weighted by Crippen LogP contribution is 2.47. The molecular weight excluding hydrogens is 482 g/mol. The normalized spacial score (nSPS) is 19.6. The van der Waals surface area contributed by atoms with E-state index in [0.29, 0.717) is 4.47 Å². The van der Waals surface area contributed by atoms with Crippen LogP contribution in [0.25, 0.3) is 0 Å². The molecule has 0 saturated heterocycles. The van der Waals surface area contributed by atoms with E-state index in [4.69, 9.17) is 14.6 Å². The topological polar surface area (TPSA) is 72.8 Å². The smallest absolute Gasteiger partial charge is 0.186 e. The predicted octanol–water partition coefficient (Wildman–Crippen LogP) is 4.20. The molecule has 2 aromatic rings. The summed E-state index contributed by atoms with van der Waals surface area (Å²) in [6.07, 6.45) is 1.05. The summed E-state index contributed by atoms with van der Waals surface area (Å²) in [6, 6.07) is 7.73. The minimum Gasteiger partial charge on any atom is -0.490 e. The fraction of sp³-hybridized carbons (Fsp3) is 0.333. The van der Waals surface area contributed by atoms with Crippen LogP contribution < -0.4 is 4.74 Å². The van der Waals surface area contributed by atoms with Crippen molar-refractivity contribution in [3.63, 3.8) is 0 Å². The van der Waals surface area contributed by atoms with Crippen molar-refractivity contribution in [2.24, 2.45) is 5.92 Å². The average Bonchev–Trinajstić information content (AvgIpc) is 2.73. The van der Waals surface area contributed by atoms with Gasteiger partial charge in [-0.3, -0.25) is 0 Å². The summed E-state index contributed by atoms with van der Waals surface area (Å²) in [5.74, 6) is -2.97. The Bertz CT molecular complexity index is 1010. The monoisotopic (exact) mass is 502 g/mol. The summed E-state index contributed by atoms with van der Waals surface area (Å²) < 4.78 is 68.3. The van der Waals surface area contributed by atoms with Crippen LogP contribution in [-0.2, 0) is 14.6 Å². The minimum atomic E-state index is -4.15. The largest absolute Gasteiger partial charge is 0.490 e. The number of fused-ring (bicyclic) bond motifs is 1. The SMILES string of the molecule is C=CC[C@@H](OCCO)[C@@H]1COc2c(F)ccc(F)c2[C@H]1S(=O)(=O)c1ccc(Br)cc1. The highest BCUT2D eigenvalue weighted by atomic mass is 79.9. The van der Waals surface area contributed by atoms with Crippen molar-refractivity contribution in [1.29, 1.82) is 0 Å². The van der Waals surface area contributed by atoms with E-state index in [0.717, 1.165) is 12.1 Å². The standard InChI is InChI=1S/C21H21BrF2O5S/c1-2-3-18(28-11-10-25)15-12-29-20-17(24)9-8-16(23)19(20)21(15)30(26,27)14-6-4-13(22)5-7-14/h2,4-9,15,18,21,25H,1,3,10-12H2/t15-,18+,21-/m0/s1.